The van der Waals surface area contributed by atoms with Crippen molar-refractivity contribution in [1.82, 2.24) is 20.1 Å². The Kier molecular flexibility index (Phi) is 5.41. The number of hydrogen-bond acceptors (Lipinski definition) is 5. The van der Waals surface area contributed by atoms with Gasteiger partial charge in [-0.1, -0.05) is 12.1 Å². The second-order valence-electron chi connectivity index (χ2n) is 6.93. The summed E-state index contributed by atoms with van der Waals surface area (Å²) in [6.45, 7) is 0.738. The molecular weight excluding hydrogens is 375 g/mol. The number of amides is 1. The number of ether oxygens (including phenoxy) is 2. The first-order valence-electron chi connectivity index (χ1n) is 9.37. The van der Waals surface area contributed by atoms with Gasteiger partial charge in [0.1, 0.15) is 12.7 Å². The van der Waals surface area contributed by atoms with Crippen molar-refractivity contribution in [3.05, 3.63) is 66.0 Å². The van der Waals surface area contributed by atoms with E-state index in [-0.39, 0.29) is 18.2 Å². The van der Waals surface area contributed by atoms with Gasteiger partial charge < -0.3 is 14.8 Å². The fourth-order valence-electron chi connectivity index (χ4n) is 2.97. The lowest BCUT2D eigenvalue weighted by Crippen LogP contribution is -2.24. The minimum absolute atomic E-state index is 0.164. The Hall–Kier alpha value is -3.42. The molecule has 1 N–H and O–H groups in total. The number of nitrogens with zero attached hydrogens (tertiary/aromatic N) is 3. The monoisotopic (exact) mass is 396 g/mol. The van der Waals surface area contributed by atoms with E-state index in [0.717, 1.165) is 12.8 Å². The van der Waals surface area contributed by atoms with E-state index in [1.54, 1.807) is 35.4 Å². The fourth-order valence-corrected chi connectivity index (χ4v) is 2.97. The molecule has 0 saturated heterocycles. The maximum absolute atomic E-state index is 13.9. The van der Waals surface area contributed by atoms with Gasteiger partial charge in [-0.3, -0.25) is 9.36 Å². The summed E-state index contributed by atoms with van der Waals surface area (Å²) in [5, 5.41) is 10.5. The molecular formula is C21H21FN4O3. The van der Waals surface area contributed by atoms with Crippen molar-refractivity contribution in [2.75, 3.05) is 13.7 Å². The van der Waals surface area contributed by atoms with Crippen LogP contribution in [0, 0.1) is 11.7 Å². The summed E-state index contributed by atoms with van der Waals surface area (Å²) in [5.41, 5.74) is 1.73. The lowest BCUT2D eigenvalue weighted by atomic mass is 10.1. The Morgan fingerprint density at radius 3 is 2.72 bits per heavy atom. The molecule has 1 saturated carbocycles. The summed E-state index contributed by atoms with van der Waals surface area (Å²) in [5.74, 6) is 0.404. The van der Waals surface area contributed by atoms with Crippen LogP contribution in [0.3, 0.4) is 0 Å². The number of hydrogen-bond donors (Lipinski definition) is 1. The molecule has 0 bridgehead atoms. The quantitative estimate of drug-likeness (QED) is 0.633. The van der Waals surface area contributed by atoms with Crippen LogP contribution in [-0.2, 0) is 6.54 Å². The number of benzene rings is 2. The molecule has 1 aliphatic carbocycles. The zero-order valence-electron chi connectivity index (χ0n) is 16.0. The highest BCUT2D eigenvalue weighted by molar-refractivity contribution is 5.98. The Morgan fingerprint density at radius 2 is 2.03 bits per heavy atom. The third-order valence-corrected chi connectivity index (χ3v) is 4.77. The maximum Gasteiger partial charge on any atom is 0.255 e. The largest absolute Gasteiger partial charge is 0.494 e. The maximum atomic E-state index is 13.9. The summed E-state index contributed by atoms with van der Waals surface area (Å²) in [6.07, 6.45) is 5.39. The Labute approximate surface area is 167 Å². The van der Waals surface area contributed by atoms with E-state index in [0.29, 0.717) is 35.1 Å². The molecule has 0 aliphatic heterocycles. The molecule has 1 amide bonds. The summed E-state index contributed by atoms with van der Waals surface area (Å²) in [4.78, 5) is 12.9. The molecule has 2 aromatic carbocycles. The third kappa shape index (κ3) is 4.37. The Balaban J connectivity index is 1.55. The second kappa shape index (κ2) is 8.30. The predicted molar refractivity (Wildman–Crippen MR) is 104 cm³/mol. The molecule has 0 atom stereocenters. The van der Waals surface area contributed by atoms with Gasteiger partial charge in [0, 0.05) is 6.54 Å². The molecule has 0 spiro atoms. The molecule has 150 valence electrons. The van der Waals surface area contributed by atoms with Gasteiger partial charge in [-0.15, -0.1) is 10.2 Å². The standard InChI is InChI=1S/C21H21FN4O3/c1-28-19-8-7-15(9-17(19)22)10-23-21(27)16-3-2-4-18(26-12-24-25-13-26)20(16)29-11-14-5-6-14/h2-4,7-9,12-14H,5-6,10-11H2,1H3,(H,23,27). The van der Waals surface area contributed by atoms with Crippen LogP contribution >= 0.6 is 0 Å². The highest BCUT2D eigenvalue weighted by Gasteiger charge is 2.24. The van der Waals surface area contributed by atoms with Crippen LogP contribution in [-0.4, -0.2) is 34.4 Å². The molecule has 8 heteroatoms. The number of nitrogens with one attached hydrogen (secondary N) is 1. The van der Waals surface area contributed by atoms with Crippen molar-refractivity contribution in [1.29, 1.82) is 0 Å². The highest BCUT2D eigenvalue weighted by atomic mass is 19.1. The van der Waals surface area contributed by atoms with Gasteiger partial charge >= 0.3 is 0 Å². The third-order valence-electron chi connectivity index (χ3n) is 4.77. The van der Waals surface area contributed by atoms with Crippen LogP contribution in [0.15, 0.2) is 49.1 Å². The molecule has 4 rings (SSSR count). The minimum atomic E-state index is -0.470. The lowest BCUT2D eigenvalue weighted by Gasteiger charge is -2.16. The summed E-state index contributed by atoms with van der Waals surface area (Å²) >= 11 is 0. The van der Waals surface area contributed by atoms with Gasteiger partial charge in [0.15, 0.2) is 17.3 Å². The van der Waals surface area contributed by atoms with Gasteiger partial charge in [-0.2, -0.15) is 0 Å². The topological polar surface area (TPSA) is 78.3 Å². The Bertz CT molecular complexity index is 1000. The van der Waals surface area contributed by atoms with Crippen LogP contribution in [0.4, 0.5) is 4.39 Å². The molecule has 1 heterocycles. The molecule has 0 radical (unpaired) electrons. The summed E-state index contributed by atoms with van der Waals surface area (Å²) in [7, 11) is 1.41. The van der Waals surface area contributed by atoms with Crippen LogP contribution in [0.5, 0.6) is 11.5 Å². The second-order valence-corrected chi connectivity index (χ2v) is 6.93. The smallest absolute Gasteiger partial charge is 0.255 e. The van der Waals surface area contributed by atoms with E-state index in [1.165, 1.54) is 19.2 Å². The van der Waals surface area contributed by atoms with Crippen molar-refractivity contribution in [2.24, 2.45) is 5.92 Å². The van der Waals surface area contributed by atoms with Gasteiger partial charge in [0.25, 0.3) is 5.91 Å². The van der Waals surface area contributed by atoms with Crippen molar-refractivity contribution in [3.63, 3.8) is 0 Å². The van der Waals surface area contributed by atoms with Crippen LogP contribution in [0.1, 0.15) is 28.8 Å². The minimum Gasteiger partial charge on any atom is -0.494 e. The summed E-state index contributed by atoms with van der Waals surface area (Å²) in [6, 6.07) is 9.92. The van der Waals surface area contributed by atoms with E-state index >= 15 is 0 Å². The van der Waals surface area contributed by atoms with Crippen molar-refractivity contribution in [3.8, 4) is 17.2 Å². The number of carbonyl (C=O) groups excluding carboxylic acids is 1. The first-order valence-corrected chi connectivity index (χ1v) is 9.37. The van der Waals surface area contributed by atoms with Gasteiger partial charge in [-0.05, 0) is 48.6 Å². The summed E-state index contributed by atoms with van der Waals surface area (Å²) < 4.78 is 26.5. The first-order chi connectivity index (χ1) is 14.2. The SMILES string of the molecule is COc1ccc(CNC(=O)c2cccc(-n3cnnc3)c2OCC2CC2)cc1F. The van der Waals surface area contributed by atoms with E-state index < -0.39 is 5.82 Å². The van der Waals surface area contributed by atoms with Gasteiger partial charge in [0.05, 0.1) is 25.0 Å². The number of carbonyl (C=O) groups is 1. The molecule has 3 aromatic rings. The number of halogens is 1. The van der Waals surface area contributed by atoms with E-state index in [2.05, 4.69) is 15.5 Å². The lowest BCUT2D eigenvalue weighted by molar-refractivity contribution is 0.0946. The van der Waals surface area contributed by atoms with Crippen molar-refractivity contribution < 1.29 is 18.7 Å². The average Bonchev–Trinajstić information content (AvgIpc) is 3.41. The van der Waals surface area contributed by atoms with Gasteiger partial charge in [-0.25, -0.2) is 4.39 Å². The molecule has 1 fully saturated rings. The molecule has 0 unspecified atom stereocenters. The highest BCUT2D eigenvalue weighted by Crippen LogP contribution is 2.33. The van der Waals surface area contributed by atoms with E-state index in [4.69, 9.17) is 9.47 Å². The number of methoxy groups -OCH3 is 1. The molecule has 1 aromatic heterocycles. The Morgan fingerprint density at radius 1 is 1.24 bits per heavy atom. The number of aromatic nitrogens is 3. The van der Waals surface area contributed by atoms with Crippen LogP contribution in [0.25, 0.3) is 5.69 Å². The van der Waals surface area contributed by atoms with Gasteiger partial charge in [0.2, 0.25) is 0 Å². The van der Waals surface area contributed by atoms with E-state index in [1.807, 2.05) is 6.07 Å². The van der Waals surface area contributed by atoms with Crippen molar-refractivity contribution in [2.45, 2.75) is 19.4 Å². The normalized spacial score (nSPS) is 13.2. The number of rotatable bonds is 8. The fraction of sp³-hybridized carbons (Fsp3) is 0.286. The van der Waals surface area contributed by atoms with Crippen LogP contribution < -0.4 is 14.8 Å². The zero-order chi connectivity index (χ0) is 20.2. The number of para-hydroxylation sites is 1. The zero-order valence-corrected chi connectivity index (χ0v) is 16.0. The molecule has 1 aliphatic rings. The van der Waals surface area contributed by atoms with E-state index in [9.17, 15) is 9.18 Å². The van der Waals surface area contributed by atoms with Crippen LogP contribution in [0.2, 0.25) is 0 Å². The first kappa shape index (κ1) is 18.9. The molecule has 7 nitrogen and oxygen atoms in total. The molecule has 29 heavy (non-hydrogen) atoms. The predicted octanol–water partition coefficient (Wildman–Crippen LogP) is 3.13. The average molecular weight is 396 g/mol. The van der Waals surface area contributed by atoms with Crippen molar-refractivity contribution >= 4 is 5.91 Å².